The summed E-state index contributed by atoms with van der Waals surface area (Å²) in [6, 6.07) is 0. The molecule has 3 saturated carbocycles. The van der Waals surface area contributed by atoms with E-state index in [0.29, 0.717) is 6.42 Å². The van der Waals surface area contributed by atoms with Crippen molar-refractivity contribution >= 4 is 17.5 Å². The number of aliphatic hydroxyl groups is 1. The first kappa shape index (κ1) is 28.0. The number of Topliss-reactive ketones (excluding diaryl/α,β-unsaturated/α-hetero) is 1. The number of ether oxygens (including phenoxy) is 1. The molecule has 4 rings (SSSR count). The molecule has 9 heteroatoms. The monoisotopic (exact) mass is 528 g/mol. The molecule has 0 aromatic heterocycles. The molecular weight excluding hydrogens is 492 g/mol. The molecule has 4 aliphatic carbocycles. The van der Waals surface area contributed by atoms with Gasteiger partial charge in [0.15, 0.2) is 23.8 Å². The van der Waals surface area contributed by atoms with Crippen molar-refractivity contribution in [3.63, 3.8) is 0 Å². The maximum Gasteiger partial charge on any atom is 0.306 e. The molecule has 0 radical (unpaired) electrons. The van der Waals surface area contributed by atoms with E-state index in [1.807, 2.05) is 6.92 Å². The van der Waals surface area contributed by atoms with Crippen molar-refractivity contribution in [2.24, 2.45) is 28.6 Å². The first-order chi connectivity index (χ1) is 17.3. The second-order valence-electron chi connectivity index (χ2n) is 11.8. The van der Waals surface area contributed by atoms with Crippen LogP contribution in [-0.4, -0.2) is 52.9 Å². The quantitative estimate of drug-likeness (QED) is 0.277. The molecule has 0 heterocycles. The van der Waals surface area contributed by atoms with Gasteiger partial charge in [0.2, 0.25) is 11.6 Å². The van der Waals surface area contributed by atoms with Crippen LogP contribution in [0.1, 0.15) is 72.6 Å². The van der Waals surface area contributed by atoms with E-state index in [1.54, 1.807) is 13.8 Å². The molecular formula is C28H36F4O5. The van der Waals surface area contributed by atoms with Gasteiger partial charge >= 0.3 is 5.97 Å². The second kappa shape index (κ2) is 9.31. The van der Waals surface area contributed by atoms with Crippen molar-refractivity contribution in [3.05, 3.63) is 23.6 Å². The van der Waals surface area contributed by atoms with Crippen LogP contribution in [0.25, 0.3) is 0 Å². The molecule has 0 aromatic carbocycles. The van der Waals surface area contributed by atoms with Crippen LogP contribution in [0.4, 0.5) is 17.6 Å². The molecule has 5 nitrogen and oxygen atoms in total. The molecule has 0 bridgehead atoms. The number of carbonyl (C=O) groups excluding carboxylic acids is 3. The fourth-order valence-electron chi connectivity index (χ4n) is 8.33. The van der Waals surface area contributed by atoms with E-state index >= 15 is 8.78 Å². The second-order valence-corrected chi connectivity index (χ2v) is 11.8. The summed E-state index contributed by atoms with van der Waals surface area (Å²) in [6.07, 6.45) is -0.448. The number of carbonyl (C=O) groups is 3. The van der Waals surface area contributed by atoms with Gasteiger partial charge in [-0.2, -0.15) is 0 Å². The Labute approximate surface area is 214 Å². The maximum atomic E-state index is 17.3. The summed E-state index contributed by atoms with van der Waals surface area (Å²) in [6.45, 7) is 5.04. The predicted molar refractivity (Wildman–Crippen MR) is 127 cm³/mol. The number of hydrogen-bond donors (Lipinski definition) is 1. The lowest BCUT2D eigenvalue weighted by atomic mass is 9.44. The van der Waals surface area contributed by atoms with E-state index in [4.69, 9.17) is 4.74 Å². The highest BCUT2D eigenvalue weighted by Gasteiger charge is 2.78. The average Bonchev–Trinajstić information content (AvgIpc) is 3.05. The highest BCUT2D eigenvalue weighted by Crippen LogP contribution is 2.72. The van der Waals surface area contributed by atoms with Crippen molar-refractivity contribution in [1.82, 2.24) is 0 Å². The summed E-state index contributed by atoms with van der Waals surface area (Å²) >= 11 is 0. The van der Waals surface area contributed by atoms with E-state index in [1.165, 1.54) is 6.92 Å². The Morgan fingerprint density at radius 2 is 1.86 bits per heavy atom. The fraction of sp³-hybridized carbons (Fsp3) is 0.750. The van der Waals surface area contributed by atoms with Gasteiger partial charge in [-0.05, 0) is 44.6 Å². The smallest absolute Gasteiger partial charge is 0.306 e. The van der Waals surface area contributed by atoms with E-state index in [2.05, 4.69) is 0 Å². The van der Waals surface area contributed by atoms with E-state index in [9.17, 15) is 28.3 Å². The van der Waals surface area contributed by atoms with Crippen LogP contribution < -0.4 is 0 Å². The molecule has 9 atom stereocenters. The topological polar surface area (TPSA) is 80.7 Å². The van der Waals surface area contributed by atoms with E-state index in [-0.39, 0.29) is 19.3 Å². The third-order valence-electron chi connectivity index (χ3n) is 10.0. The van der Waals surface area contributed by atoms with Crippen LogP contribution in [0.2, 0.25) is 0 Å². The number of hydrogen-bond acceptors (Lipinski definition) is 5. The summed E-state index contributed by atoms with van der Waals surface area (Å²) < 4.78 is 67.6. The molecule has 3 fully saturated rings. The number of rotatable bonds is 7. The van der Waals surface area contributed by atoms with Crippen LogP contribution in [0.5, 0.6) is 0 Å². The van der Waals surface area contributed by atoms with Gasteiger partial charge < -0.3 is 9.84 Å². The summed E-state index contributed by atoms with van der Waals surface area (Å²) in [5, 5.41) is 11.4. The number of esters is 1. The van der Waals surface area contributed by atoms with Gasteiger partial charge in [-0.1, -0.05) is 39.7 Å². The number of alkyl halides is 3. The van der Waals surface area contributed by atoms with Gasteiger partial charge in [0.25, 0.3) is 0 Å². The van der Waals surface area contributed by atoms with Crippen LogP contribution >= 0.6 is 0 Å². The third-order valence-corrected chi connectivity index (χ3v) is 10.0. The Morgan fingerprint density at radius 1 is 1.19 bits per heavy atom. The number of aliphatic hydroxyl groups excluding tert-OH is 1. The Hall–Kier alpha value is -2.03. The largest absolute Gasteiger partial charge is 0.450 e. The molecule has 37 heavy (non-hydrogen) atoms. The Morgan fingerprint density at radius 3 is 2.49 bits per heavy atom. The molecule has 1 N–H and O–H groups in total. The zero-order valence-corrected chi connectivity index (χ0v) is 21.8. The Kier molecular flexibility index (Phi) is 7.04. The molecule has 0 amide bonds. The van der Waals surface area contributed by atoms with Gasteiger partial charge in [0.05, 0.1) is 6.10 Å². The van der Waals surface area contributed by atoms with Gasteiger partial charge in [0.1, 0.15) is 6.17 Å². The first-order valence-corrected chi connectivity index (χ1v) is 13.2. The molecule has 0 aromatic rings. The standard InChI is InChI=1S/C28H36F4O5/c1-5-6-7-8-22(36)37-28(21(35)14-29)15(2)11-16-17-12-18(30)23-24(31)19(33)9-10-25(23,3)27(17,32)20(34)13-26(16,28)4/h9-10,15-18,20,34H,5-8,11-14H2,1-4H3/t15?,16-,17-,18?,20?,25-,26-,27-,28-/m0/s1. The minimum atomic E-state index is -2.57. The highest BCUT2D eigenvalue weighted by molar-refractivity contribution is 6.04. The van der Waals surface area contributed by atoms with Crippen molar-refractivity contribution in [1.29, 1.82) is 0 Å². The number of unbranched alkanes of at least 4 members (excludes halogenated alkanes) is 2. The van der Waals surface area contributed by atoms with Crippen molar-refractivity contribution in [3.8, 4) is 0 Å². The van der Waals surface area contributed by atoms with Gasteiger partial charge in [0, 0.05) is 34.7 Å². The molecule has 206 valence electrons. The van der Waals surface area contributed by atoms with Gasteiger partial charge in [-0.3, -0.25) is 14.4 Å². The molecule has 0 aliphatic heterocycles. The zero-order chi connectivity index (χ0) is 27.6. The zero-order valence-electron chi connectivity index (χ0n) is 21.8. The summed E-state index contributed by atoms with van der Waals surface area (Å²) in [4.78, 5) is 38.1. The van der Waals surface area contributed by atoms with E-state index < -0.39 is 94.2 Å². The summed E-state index contributed by atoms with van der Waals surface area (Å²) in [5.41, 5.74) is -8.46. The molecule has 0 saturated heterocycles. The highest BCUT2D eigenvalue weighted by atomic mass is 19.2. The lowest BCUT2D eigenvalue weighted by molar-refractivity contribution is -0.231. The Bertz CT molecular complexity index is 1060. The average molecular weight is 529 g/mol. The normalized spacial score (nSPS) is 44.8. The predicted octanol–water partition coefficient (Wildman–Crippen LogP) is 5.25. The summed E-state index contributed by atoms with van der Waals surface area (Å²) in [7, 11) is 0. The fourth-order valence-corrected chi connectivity index (χ4v) is 8.33. The number of halogens is 4. The lowest BCUT2D eigenvalue weighted by Crippen LogP contribution is -2.71. The van der Waals surface area contributed by atoms with Crippen LogP contribution in [0, 0.1) is 28.6 Å². The SMILES string of the molecule is CCCCCC(=O)O[C@]1(C(=O)CF)C(C)C[C@H]2[C@@H]3CC(F)C4=C(F)C(=O)C=C[C@]4(C)[C@@]3(F)C(O)C[C@@]21C. The summed E-state index contributed by atoms with van der Waals surface area (Å²) in [5.74, 6) is -6.73. The number of allylic oxidation sites excluding steroid dienone is 4. The van der Waals surface area contributed by atoms with Crippen LogP contribution in [-0.2, 0) is 19.1 Å². The van der Waals surface area contributed by atoms with E-state index in [0.717, 1.165) is 25.0 Å². The van der Waals surface area contributed by atoms with Crippen molar-refractivity contribution in [2.75, 3.05) is 6.67 Å². The van der Waals surface area contributed by atoms with Gasteiger partial charge in [-0.15, -0.1) is 0 Å². The minimum Gasteiger partial charge on any atom is -0.450 e. The molecule has 0 spiro atoms. The number of fused-ring (bicyclic) bond motifs is 5. The lowest BCUT2D eigenvalue weighted by Gasteiger charge is -2.63. The van der Waals surface area contributed by atoms with Gasteiger partial charge in [-0.25, -0.2) is 17.6 Å². The minimum absolute atomic E-state index is 0.0263. The Balaban J connectivity index is 1.81. The molecule has 4 aliphatic rings. The van der Waals surface area contributed by atoms with Crippen LogP contribution in [0.3, 0.4) is 0 Å². The maximum absolute atomic E-state index is 17.3. The first-order valence-electron chi connectivity index (χ1n) is 13.2. The molecule has 3 unspecified atom stereocenters. The van der Waals surface area contributed by atoms with Crippen molar-refractivity contribution < 1.29 is 41.8 Å². The van der Waals surface area contributed by atoms with Crippen molar-refractivity contribution in [2.45, 2.75) is 96.2 Å². The number of ketones is 2. The third kappa shape index (κ3) is 3.54. The van der Waals surface area contributed by atoms with Crippen LogP contribution in [0.15, 0.2) is 23.6 Å².